The quantitative estimate of drug-likeness (QED) is 0.648. The SMILES string of the molecule is Cl.NCCCCNC(=O)c1ccc(F)c(C(F)(F)F)c1. The zero-order chi connectivity index (χ0) is 14.5. The van der Waals surface area contributed by atoms with E-state index in [9.17, 15) is 22.4 Å². The van der Waals surface area contributed by atoms with Gasteiger partial charge in [-0.15, -0.1) is 12.4 Å². The number of benzene rings is 1. The summed E-state index contributed by atoms with van der Waals surface area (Å²) in [6.45, 7) is 0.791. The molecule has 20 heavy (non-hydrogen) atoms. The van der Waals surface area contributed by atoms with Crippen LogP contribution in [0.15, 0.2) is 18.2 Å². The lowest BCUT2D eigenvalue weighted by molar-refractivity contribution is -0.140. The van der Waals surface area contributed by atoms with Crippen LogP contribution in [-0.4, -0.2) is 19.0 Å². The lowest BCUT2D eigenvalue weighted by Gasteiger charge is -2.10. The van der Waals surface area contributed by atoms with Crippen molar-refractivity contribution in [3.8, 4) is 0 Å². The molecule has 0 bridgehead atoms. The van der Waals surface area contributed by atoms with Crippen LogP contribution in [0.1, 0.15) is 28.8 Å². The molecule has 0 unspecified atom stereocenters. The van der Waals surface area contributed by atoms with E-state index in [2.05, 4.69) is 5.32 Å². The van der Waals surface area contributed by atoms with Crippen molar-refractivity contribution in [3.05, 3.63) is 35.1 Å². The Labute approximate surface area is 119 Å². The highest BCUT2D eigenvalue weighted by Gasteiger charge is 2.34. The van der Waals surface area contributed by atoms with Crippen molar-refractivity contribution >= 4 is 18.3 Å². The number of nitrogens with one attached hydrogen (secondary N) is 1. The van der Waals surface area contributed by atoms with Crippen LogP contribution < -0.4 is 11.1 Å². The van der Waals surface area contributed by atoms with Crippen molar-refractivity contribution in [1.82, 2.24) is 5.32 Å². The van der Waals surface area contributed by atoms with E-state index in [1.54, 1.807) is 0 Å². The molecule has 0 radical (unpaired) electrons. The Bertz CT molecular complexity index is 452. The van der Waals surface area contributed by atoms with Crippen LogP contribution in [0.4, 0.5) is 17.6 Å². The first kappa shape index (κ1) is 18.7. The summed E-state index contributed by atoms with van der Waals surface area (Å²) < 4.78 is 50.4. The van der Waals surface area contributed by atoms with Crippen LogP contribution in [0.3, 0.4) is 0 Å². The molecule has 1 aromatic carbocycles. The number of alkyl halides is 3. The smallest absolute Gasteiger partial charge is 0.352 e. The van der Waals surface area contributed by atoms with Crippen LogP contribution in [-0.2, 0) is 6.18 Å². The number of carbonyl (C=O) groups excluding carboxylic acids is 1. The van der Waals surface area contributed by atoms with E-state index in [0.717, 1.165) is 6.07 Å². The van der Waals surface area contributed by atoms with Gasteiger partial charge in [-0.1, -0.05) is 0 Å². The van der Waals surface area contributed by atoms with Crippen molar-refractivity contribution in [2.45, 2.75) is 19.0 Å². The summed E-state index contributed by atoms with van der Waals surface area (Å²) in [7, 11) is 0. The Hall–Kier alpha value is -1.34. The standard InChI is InChI=1S/C12H14F4N2O.ClH/c13-10-4-3-8(7-9(10)12(14,15)16)11(19)18-6-2-1-5-17;/h3-4,7H,1-2,5-6,17H2,(H,18,19);1H. The van der Waals surface area contributed by atoms with E-state index < -0.39 is 23.5 Å². The number of amides is 1. The van der Waals surface area contributed by atoms with Gasteiger partial charge in [-0.2, -0.15) is 13.2 Å². The molecular weight excluding hydrogens is 300 g/mol. The molecule has 1 rings (SSSR count). The number of hydrogen-bond acceptors (Lipinski definition) is 2. The van der Waals surface area contributed by atoms with Gasteiger partial charge < -0.3 is 11.1 Å². The average Bonchev–Trinajstić information content (AvgIpc) is 2.33. The fraction of sp³-hybridized carbons (Fsp3) is 0.417. The van der Waals surface area contributed by atoms with Crippen molar-refractivity contribution in [2.24, 2.45) is 5.73 Å². The highest BCUT2D eigenvalue weighted by atomic mass is 35.5. The van der Waals surface area contributed by atoms with Crippen molar-refractivity contribution in [3.63, 3.8) is 0 Å². The van der Waals surface area contributed by atoms with Gasteiger partial charge in [0.2, 0.25) is 0 Å². The fourth-order valence-corrected chi connectivity index (χ4v) is 1.46. The highest BCUT2D eigenvalue weighted by molar-refractivity contribution is 5.94. The number of rotatable bonds is 5. The van der Waals surface area contributed by atoms with Gasteiger partial charge in [-0.05, 0) is 37.6 Å². The average molecular weight is 315 g/mol. The zero-order valence-electron chi connectivity index (χ0n) is 10.5. The summed E-state index contributed by atoms with van der Waals surface area (Å²) in [5.74, 6) is -2.06. The van der Waals surface area contributed by atoms with E-state index in [1.165, 1.54) is 0 Å². The van der Waals surface area contributed by atoms with Gasteiger partial charge in [0, 0.05) is 12.1 Å². The first-order chi connectivity index (χ1) is 8.86. The molecule has 3 N–H and O–H groups in total. The molecule has 1 amide bonds. The number of hydrogen-bond donors (Lipinski definition) is 2. The summed E-state index contributed by atoms with van der Waals surface area (Å²) in [4.78, 5) is 11.6. The Kier molecular flexibility index (Phi) is 7.52. The molecule has 0 aliphatic carbocycles. The number of halogens is 5. The third-order valence-electron chi connectivity index (χ3n) is 2.45. The monoisotopic (exact) mass is 314 g/mol. The Morgan fingerprint density at radius 1 is 1.25 bits per heavy atom. The Morgan fingerprint density at radius 2 is 1.90 bits per heavy atom. The lowest BCUT2D eigenvalue weighted by Crippen LogP contribution is -2.25. The van der Waals surface area contributed by atoms with Gasteiger partial charge >= 0.3 is 6.18 Å². The lowest BCUT2D eigenvalue weighted by atomic mass is 10.1. The molecular formula is C12H15ClF4N2O. The first-order valence-electron chi connectivity index (χ1n) is 5.71. The van der Waals surface area contributed by atoms with Crippen molar-refractivity contribution in [1.29, 1.82) is 0 Å². The summed E-state index contributed by atoms with van der Waals surface area (Å²) in [6.07, 6.45) is -3.48. The molecule has 0 saturated carbocycles. The van der Waals surface area contributed by atoms with Gasteiger partial charge in [0.05, 0.1) is 5.56 Å². The van der Waals surface area contributed by atoms with Gasteiger partial charge in [0.15, 0.2) is 0 Å². The van der Waals surface area contributed by atoms with E-state index >= 15 is 0 Å². The Morgan fingerprint density at radius 3 is 2.45 bits per heavy atom. The van der Waals surface area contributed by atoms with E-state index in [-0.39, 0.29) is 18.0 Å². The van der Waals surface area contributed by atoms with Gasteiger partial charge in [-0.25, -0.2) is 4.39 Å². The maximum Gasteiger partial charge on any atom is 0.419 e. The molecule has 0 aliphatic heterocycles. The van der Waals surface area contributed by atoms with Crippen LogP contribution >= 0.6 is 12.4 Å². The van der Waals surface area contributed by atoms with Crippen LogP contribution in [0.25, 0.3) is 0 Å². The van der Waals surface area contributed by atoms with Crippen LogP contribution in [0.2, 0.25) is 0 Å². The molecule has 1 aromatic rings. The topological polar surface area (TPSA) is 55.1 Å². The van der Waals surface area contributed by atoms with Gasteiger partial charge in [0.25, 0.3) is 5.91 Å². The molecule has 0 spiro atoms. The number of unbranched alkanes of at least 4 members (excludes halogenated alkanes) is 1. The van der Waals surface area contributed by atoms with Gasteiger partial charge in [-0.3, -0.25) is 4.79 Å². The van der Waals surface area contributed by atoms with Crippen molar-refractivity contribution < 1.29 is 22.4 Å². The minimum atomic E-state index is -4.82. The predicted octanol–water partition coefficient (Wildman–Crippen LogP) is 2.74. The Balaban J connectivity index is 0.00000361. The fourth-order valence-electron chi connectivity index (χ4n) is 1.46. The van der Waals surface area contributed by atoms with E-state index in [0.29, 0.717) is 38.1 Å². The molecule has 114 valence electrons. The minimum Gasteiger partial charge on any atom is -0.352 e. The number of nitrogens with two attached hydrogens (primary N) is 1. The van der Waals surface area contributed by atoms with Crippen molar-refractivity contribution in [2.75, 3.05) is 13.1 Å². The number of carbonyl (C=O) groups is 1. The summed E-state index contributed by atoms with van der Waals surface area (Å²) >= 11 is 0. The molecule has 0 fully saturated rings. The normalized spacial score (nSPS) is 10.8. The third kappa shape index (κ3) is 5.34. The molecule has 0 aliphatic rings. The first-order valence-corrected chi connectivity index (χ1v) is 5.71. The van der Waals surface area contributed by atoms with Crippen LogP contribution in [0.5, 0.6) is 0 Å². The molecule has 0 aromatic heterocycles. The molecule has 0 saturated heterocycles. The maximum atomic E-state index is 13.0. The third-order valence-corrected chi connectivity index (χ3v) is 2.45. The summed E-state index contributed by atoms with van der Waals surface area (Å²) in [5, 5.41) is 2.45. The maximum absolute atomic E-state index is 13.0. The van der Waals surface area contributed by atoms with E-state index in [1.807, 2.05) is 0 Å². The largest absolute Gasteiger partial charge is 0.419 e. The summed E-state index contributed by atoms with van der Waals surface area (Å²) in [5.41, 5.74) is 3.60. The molecule has 8 heteroatoms. The minimum absolute atomic E-state index is 0. The second kappa shape index (κ2) is 8.06. The molecule has 0 atom stereocenters. The highest BCUT2D eigenvalue weighted by Crippen LogP contribution is 2.31. The van der Waals surface area contributed by atoms with Gasteiger partial charge in [0.1, 0.15) is 5.82 Å². The molecule has 0 heterocycles. The van der Waals surface area contributed by atoms with Crippen LogP contribution in [0, 0.1) is 5.82 Å². The molecule has 3 nitrogen and oxygen atoms in total. The zero-order valence-corrected chi connectivity index (χ0v) is 11.3. The predicted molar refractivity (Wildman–Crippen MR) is 69.3 cm³/mol. The second-order valence-corrected chi connectivity index (χ2v) is 3.94. The summed E-state index contributed by atoms with van der Waals surface area (Å²) in [6, 6.07) is 2.16. The second-order valence-electron chi connectivity index (χ2n) is 3.94. The van der Waals surface area contributed by atoms with E-state index in [4.69, 9.17) is 5.73 Å².